The van der Waals surface area contributed by atoms with Crippen molar-refractivity contribution >= 4 is 11.7 Å². The van der Waals surface area contributed by atoms with E-state index < -0.39 is 23.8 Å². The lowest BCUT2D eigenvalue weighted by Gasteiger charge is -2.09. The summed E-state index contributed by atoms with van der Waals surface area (Å²) < 4.78 is 26.0. The van der Waals surface area contributed by atoms with Crippen molar-refractivity contribution in [3.63, 3.8) is 0 Å². The highest BCUT2D eigenvalue weighted by Crippen LogP contribution is 2.16. The second kappa shape index (κ2) is 6.15. The van der Waals surface area contributed by atoms with Crippen LogP contribution in [0.1, 0.15) is 13.3 Å². The van der Waals surface area contributed by atoms with Crippen molar-refractivity contribution in [2.24, 2.45) is 0 Å². The fourth-order valence-corrected chi connectivity index (χ4v) is 1.16. The van der Waals surface area contributed by atoms with Crippen LogP contribution in [0.25, 0.3) is 0 Å². The van der Waals surface area contributed by atoms with Gasteiger partial charge in [0.15, 0.2) is 11.6 Å². The molecular formula is C11H14F2N2O2. The zero-order chi connectivity index (χ0) is 12.8. The highest BCUT2D eigenvalue weighted by Gasteiger charge is 2.10. The second-order valence-corrected chi connectivity index (χ2v) is 3.62. The second-order valence-electron chi connectivity index (χ2n) is 3.62. The molecule has 0 aliphatic rings. The van der Waals surface area contributed by atoms with Gasteiger partial charge in [-0.15, -0.1) is 0 Å². The highest BCUT2D eigenvalue weighted by molar-refractivity contribution is 5.89. The number of halogens is 2. The molecule has 6 heteroatoms. The van der Waals surface area contributed by atoms with E-state index in [0.29, 0.717) is 6.42 Å². The molecule has 3 N–H and O–H groups in total. The van der Waals surface area contributed by atoms with E-state index in [9.17, 15) is 13.6 Å². The minimum atomic E-state index is -1.10. The SMILES string of the molecule is CC(O)CCNC(=O)Nc1cccc(F)c1F. The summed E-state index contributed by atoms with van der Waals surface area (Å²) >= 11 is 0. The van der Waals surface area contributed by atoms with E-state index in [0.717, 1.165) is 6.07 Å². The number of aliphatic hydroxyl groups is 1. The summed E-state index contributed by atoms with van der Waals surface area (Å²) in [5.41, 5.74) is -0.223. The number of urea groups is 1. The third kappa shape index (κ3) is 4.36. The van der Waals surface area contributed by atoms with Crippen LogP contribution in [0.15, 0.2) is 18.2 Å². The number of nitrogens with one attached hydrogen (secondary N) is 2. The average molecular weight is 244 g/mol. The number of anilines is 1. The van der Waals surface area contributed by atoms with Crippen LogP contribution >= 0.6 is 0 Å². The summed E-state index contributed by atoms with van der Waals surface area (Å²) in [5, 5.41) is 13.5. The Labute approximate surface area is 97.6 Å². The van der Waals surface area contributed by atoms with E-state index in [2.05, 4.69) is 10.6 Å². The summed E-state index contributed by atoms with van der Waals surface area (Å²) in [6, 6.07) is 2.87. The number of rotatable bonds is 4. The van der Waals surface area contributed by atoms with E-state index in [-0.39, 0.29) is 12.2 Å². The van der Waals surface area contributed by atoms with Crippen LogP contribution in [0.5, 0.6) is 0 Å². The topological polar surface area (TPSA) is 61.4 Å². The van der Waals surface area contributed by atoms with Gasteiger partial charge in [0.2, 0.25) is 0 Å². The van der Waals surface area contributed by atoms with Crippen LogP contribution in [0.3, 0.4) is 0 Å². The number of hydrogen-bond donors (Lipinski definition) is 3. The number of aliphatic hydroxyl groups excluding tert-OH is 1. The molecule has 0 aliphatic heterocycles. The Bertz CT molecular complexity index is 397. The zero-order valence-corrected chi connectivity index (χ0v) is 9.34. The Balaban J connectivity index is 2.48. The van der Waals surface area contributed by atoms with E-state index in [1.807, 2.05) is 0 Å². The maximum atomic E-state index is 13.2. The first-order valence-electron chi connectivity index (χ1n) is 5.17. The van der Waals surface area contributed by atoms with Crippen LogP contribution < -0.4 is 10.6 Å². The Morgan fingerprint density at radius 1 is 1.47 bits per heavy atom. The molecule has 0 aromatic heterocycles. The van der Waals surface area contributed by atoms with Crippen molar-refractivity contribution in [3.8, 4) is 0 Å². The minimum Gasteiger partial charge on any atom is -0.393 e. The van der Waals surface area contributed by atoms with Crippen LogP contribution in [-0.4, -0.2) is 23.8 Å². The molecule has 0 spiro atoms. The van der Waals surface area contributed by atoms with Crippen molar-refractivity contribution in [3.05, 3.63) is 29.8 Å². The lowest BCUT2D eigenvalue weighted by atomic mass is 10.3. The summed E-state index contributed by atoms with van der Waals surface area (Å²) in [6.07, 6.45) is -0.139. The molecule has 0 saturated heterocycles. The van der Waals surface area contributed by atoms with Crippen molar-refractivity contribution in [1.29, 1.82) is 0 Å². The van der Waals surface area contributed by atoms with Gasteiger partial charge >= 0.3 is 6.03 Å². The van der Waals surface area contributed by atoms with Gasteiger partial charge in [-0.3, -0.25) is 0 Å². The molecule has 0 heterocycles. The van der Waals surface area contributed by atoms with Gasteiger partial charge < -0.3 is 15.7 Å². The monoisotopic (exact) mass is 244 g/mol. The summed E-state index contributed by atoms with van der Waals surface area (Å²) in [5.74, 6) is -2.12. The molecule has 1 atom stereocenters. The largest absolute Gasteiger partial charge is 0.393 e. The zero-order valence-electron chi connectivity index (χ0n) is 9.34. The molecule has 0 radical (unpaired) electrons. The van der Waals surface area contributed by atoms with Crippen LogP contribution in [0, 0.1) is 11.6 Å². The Morgan fingerprint density at radius 2 is 2.18 bits per heavy atom. The average Bonchev–Trinajstić information content (AvgIpc) is 2.24. The molecule has 1 aromatic carbocycles. The number of carbonyl (C=O) groups excluding carboxylic acids is 1. The standard InChI is InChI=1S/C11H14F2N2O2/c1-7(16)5-6-14-11(17)15-9-4-2-3-8(12)10(9)13/h2-4,7,16H,5-6H2,1H3,(H2,14,15,17). The van der Waals surface area contributed by atoms with E-state index >= 15 is 0 Å². The van der Waals surface area contributed by atoms with Crippen LogP contribution in [0.4, 0.5) is 19.3 Å². The van der Waals surface area contributed by atoms with Gasteiger partial charge in [0.25, 0.3) is 0 Å². The van der Waals surface area contributed by atoms with E-state index in [4.69, 9.17) is 5.11 Å². The molecule has 2 amide bonds. The Hall–Kier alpha value is -1.69. The molecule has 4 nitrogen and oxygen atoms in total. The molecule has 1 unspecified atom stereocenters. The number of benzene rings is 1. The Kier molecular flexibility index (Phi) is 4.84. The number of amides is 2. The third-order valence-electron chi connectivity index (χ3n) is 2.05. The van der Waals surface area contributed by atoms with Crippen molar-refractivity contribution < 1.29 is 18.7 Å². The van der Waals surface area contributed by atoms with Gasteiger partial charge in [0, 0.05) is 6.54 Å². The molecule has 0 aliphatic carbocycles. The van der Waals surface area contributed by atoms with Gasteiger partial charge in [-0.25, -0.2) is 13.6 Å². The summed E-state index contributed by atoms with van der Waals surface area (Å²) in [4.78, 5) is 11.3. The maximum absolute atomic E-state index is 13.2. The summed E-state index contributed by atoms with van der Waals surface area (Å²) in [6.45, 7) is 1.84. The van der Waals surface area contributed by atoms with Crippen molar-refractivity contribution in [1.82, 2.24) is 5.32 Å². The predicted molar refractivity (Wildman–Crippen MR) is 59.7 cm³/mol. The van der Waals surface area contributed by atoms with Crippen LogP contribution in [0.2, 0.25) is 0 Å². The van der Waals surface area contributed by atoms with Gasteiger partial charge in [-0.05, 0) is 25.5 Å². The van der Waals surface area contributed by atoms with Gasteiger partial charge in [-0.1, -0.05) is 6.07 Å². The smallest absolute Gasteiger partial charge is 0.319 e. The molecule has 94 valence electrons. The molecule has 0 saturated carbocycles. The quantitative estimate of drug-likeness (QED) is 0.757. The molecule has 0 fully saturated rings. The molecular weight excluding hydrogens is 230 g/mol. The fraction of sp³-hybridized carbons (Fsp3) is 0.364. The lowest BCUT2D eigenvalue weighted by Crippen LogP contribution is -2.31. The normalized spacial score (nSPS) is 12.0. The molecule has 17 heavy (non-hydrogen) atoms. The van der Waals surface area contributed by atoms with Crippen LogP contribution in [-0.2, 0) is 0 Å². The lowest BCUT2D eigenvalue weighted by molar-refractivity contribution is 0.184. The van der Waals surface area contributed by atoms with Crippen molar-refractivity contribution in [2.75, 3.05) is 11.9 Å². The third-order valence-corrected chi connectivity index (χ3v) is 2.05. The Morgan fingerprint density at radius 3 is 2.82 bits per heavy atom. The van der Waals surface area contributed by atoms with Gasteiger partial charge in [0.05, 0.1) is 11.8 Å². The molecule has 0 bridgehead atoms. The summed E-state index contributed by atoms with van der Waals surface area (Å²) in [7, 11) is 0. The van der Waals surface area contributed by atoms with Gasteiger partial charge in [0.1, 0.15) is 0 Å². The maximum Gasteiger partial charge on any atom is 0.319 e. The van der Waals surface area contributed by atoms with Crippen molar-refractivity contribution in [2.45, 2.75) is 19.4 Å². The highest BCUT2D eigenvalue weighted by atomic mass is 19.2. The first-order valence-corrected chi connectivity index (χ1v) is 5.17. The molecule has 1 aromatic rings. The predicted octanol–water partition coefficient (Wildman–Crippen LogP) is 1.86. The number of carbonyl (C=O) groups is 1. The van der Waals surface area contributed by atoms with Gasteiger partial charge in [-0.2, -0.15) is 0 Å². The molecule has 1 rings (SSSR count). The first-order chi connectivity index (χ1) is 8.00. The number of hydrogen-bond acceptors (Lipinski definition) is 2. The minimum absolute atomic E-state index is 0.223. The van der Waals surface area contributed by atoms with E-state index in [1.165, 1.54) is 12.1 Å². The van der Waals surface area contributed by atoms with E-state index in [1.54, 1.807) is 6.92 Å². The fourth-order valence-electron chi connectivity index (χ4n) is 1.16. The first kappa shape index (κ1) is 13.4.